The Bertz CT molecular complexity index is 596. The quantitative estimate of drug-likeness (QED) is 0.827. The Morgan fingerprint density at radius 1 is 1.27 bits per heavy atom. The predicted molar refractivity (Wildman–Crippen MR) is 87.7 cm³/mol. The number of carbonyl (C=O) groups is 1. The fourth-order valence-corrected chi connectivity index (χ4v) is 2.29. The zero-order valence-corrected chi connectivity index (χ0v) is 14.5. The Morgan fingerprint density at radius 3 is 2.23 bits per heavy atom. The van der Waals surface area contributed by atoms with Gasteiger partial charge < -0.3 is 10.1 Å². The fourth-order valence-electron chi connectivity index (χ4n) is 1.79. The van der Waals surface area contributed by atoms with Gasteiger partial charge in [0, 0.05) is 13.1 Å². The van der Waals surface area contributed by atoms with Crippen LogP contribution in [-0.2, 0) is 14.8 Å². The minimum Gasteiger partial charge on any atom is -0.481 e. The molecule has 6 nitrogen and oxygen atoms in total. The topological polar surface area (TPSA) is 75.7 Å². The van der Waals surface area contributed by atoms with Gasteiger partial charge in [0.15, 0.2) is 6.10 Å². The van der Waals surface area contributed by atoms with Crippen LogP contribution in [0.15, 0.2) is 24.3 Å². The highest BCUT2D eigenvalue weighted by Crippen LogP contribution is 2.21. The van der Waals surface area contributed by atoms with Crippen LogP contribution in [0.5, 0.6) is 5.75 Å². The van der Waals surface area contributed by atoms with Gasteiger partial charge in [-0.25, -0.2) is 8.42 Å². The summed E-state index contributed by atoms with van der Waals surface area (Å²) in [6, 6.07) is 6.65. The maximum atomic E-state index is 12.0. The summed E-state index contributed by atoms with van der Waals surface area (Å²) in [4.78, 5) is 12.0. The Kier molecular flexibility index (Phi) is 6.22. The van der Waals surface area contributed by atoms with Gasteiger partial charge >= 0.3 is 0 Å². The van der Waals surface area contributed by atoms with E-state index >= 15 is 0 Å². The van der Waals surface area contributed by atoms with Crippen LogP contribution in [0.3, 0.4) is 0 Å². The molecule has 0 fully saturated rings. The van der Waals surface area contributed by atoms with Crippen LogP contribution < -0.4 is 14.4 Å². The summed E-state index contributed by atoms with van der Waals surface area (Å²) in [5.41, 5.74) is 0.537. The number of nitrogens with zero attached hydrogens (tertiary/aromatic N) is 1. The molecule has 7 heteroatoms. The van der Waals surface area contributed by atoms with Crippen LogP contribution in [0.4, 0.5) is 5.69 Å². The van der Waals surface area contributed by atoms with E-state index in [0.717, 1.165) is 6.26 Å². The highest BCUT2D eigenvalue weighted by Gasteiger charge is 2.19. The average molecular weight is 328 g/mol. The highest BCUT2D eigenvalue weighted by molar-refractivity contribution is 7.92. The molecule has 0 saturated carbocycles. The summed E-state index contributed by atoms with van der Waals surface area (Å²) in [5, 5.41) is 2.81. The van der Waals surface area contributed by atoms with Crippen molar-refractivity contribution in [1.29, 1.82) is 0 Å². The first-order chi connectivity index (χ1) is 10.1. The SMILES string of the molecule is CC[C@H](Oc1ccc(N(C)S(C)(=O)=O)cc1)C(=O)NC(C)C. The molecule has 0 heterocycles. The third-order valence-electron chi connectivity index (χ3n) is 3.07. The van der Waals surface area contributed by atoms with E-state index in [-0.39, 0.29) is 11.9 Å². The maximum absolute atomic E-state index is 12.0. The van der Waals surface area contributed by atoms with E-state index in [1.807, 2.05) is 20.8 Å². The first-order valence-corrected chi connectivity index (χ1v) is 9.01. The van der Waals surface area contributed by atoms with Crippen molar-refractivity contribution in [3.8, 4) is 5.75 Å². The number of sulfonamides is 1. The molecule has 0 aliphatic rings. The molecule has 0 aromatic heterocycles. The summed E-state index contributed by atoms with van der Waals surface area (Å²) < 4.78 is 29.8. The summed E-state index contributed by atoms with van der Waals surface area (Å²) in [6.45, 7) is 5.65. The maximum Gasteiger partial charge on any atom is 0.261 e. The molecule has 0 aliphatic carbocycles. The predicted octanol–water partition coefficient (Wildman–Crippen LogP) is 1.76. The Hall–Kier alpha value is -1.76. The van der Waals surface area contributed by atoms with Crippen LogP contribution in [0.1, 0.15) is 27.2 Å². The standard InChI is InChI=1S/C15H24N2O4S/c1-6-14(15(18)16-11(2)3)21-13-9-7-12(8-10-13)17(4)22(5,19)20/h7-11,14H,6H2,1-5H3,(H,16,18)/t14-/m0/s1. The lowest BCUT2D eigenvalue weighted by Gasteiger charge is -2.20. The van der Waals surface area contributed by atoms with E-state index in [1.165, 1.54) is 11.4 Å². The number of rotatable bonds is 7. The van der Waals surface area contributed by atoms with E-state index in [4.69, 9.17) is 4.74 Å². The van der Waals surface area contributed by atoms with Gasteiger partial charge in [-0.15, -0.1) is 0 Å². The zero-order valence-electron chi connectivity index (χ0n) is 13.7. The summed E-state index contributed by atoms with van der Waals surface area (Å²) in [6.07, 6.45) is 1.12. The van der Waals surface area contributed by atoms with Crippen molar-refractivity contribution in [3.63, 3.8) is 0 Å². The van der Waals surface area contributed by atoms with Gasteiger partial charge in [0.25, 0.3) is 5.91 Å². The van der Waals surface area contributed by atoms with Crippen molar-refractivity contribution >= 4 is 21.6 Å². The largest absolute Gasteiger partial charge is 0.481 e. The van der Waals surface area contributed by atoms with Gasteiger partial charge in [-0.2, -0.15) is 0 Å². The number of amides is 1. The van der Waals surface area contributed by atoms with E-state index < -0.39 is 16.1 Å². The molecule has 1 atom stereocenters. The first-order valence-electron chi connectivity index (χ1n) is 7.16. The second kappa shape index (κ2) is 7.49. The molecule has 0 unspecified atom stereocenters. The number of hydrogen-bond donors (Lipinski definition) is 1. The molecule has 1 aromatic carbocycles. The van der Waals surface area contributed by atoms with Crippen LogP contribution in [-0.4, -0.2) is 39.8 Å². The molecule has 1 aromatic rings. The van der Waals surface area contributed by atoms with Gasteiger partial charge in [0.1, 0.15) is 5.75 Å². The van der Waals surface area contributed by atoms with E-state index in [1.54, 1.807) is 24.3 Å². The van der Waals surface area contributed by atoms with E-state index in [0.29, 0.717) is 17.9 Å². The number of carbonyl (C=O) groups excluding carboxylic acids is 1. The molecular weight excluding hydrogens is 304 g/mol. The molecule has 0 aliphatic heterocycles. The summed E-state index contributed by atoms with van der Waals surface area (Å²) in [5.74, 6) is 0.367. The number of nitrogens with one attached hydrogen (secondary N) is 1. The molecule has 1 N–H and O–H groups in total. The second-order valence-electron chi connectivity index (χ2n) is 5.40. The highest BCUT2D eigenvalue weighted by atomic mass is 32.2. The monoisotopic (exact) mass is 328 g/mol. The minimum absolute atomic E-state index is 0.0518. The number of anilines is 1. The van der Waals surface area contributed by atoms with Gasteiger partial charge in [-0.3, -0.25) is 9.10 Å². The lowest BCUT2D eigenvalue weighted by Crippen LogP contribution is -2.41. The third-order valence-corrected chi connectivity index (χ3v) is 4.28. The summed E-state index contributed by atoms with van der Waals surface area (Å²) in [7, 11) is -1.81. The van der Waals surface area contributed by atoms with Crippen LogP contribution in [0.2, 0.25) is 0 Å². The smallest absolute Gasteiger partial charge is 0.261 e. The number of benzene rings is 1. The molecule has 0 spiro atoms. The molecule has 22 heavy (non-hydrogen) atoms. The van der Waals surface area contributed by atoms with Crippen molar-refractivity contribution in [3.05, 3.63) is 24.3 Å². The molecule has 1 rings (SSSR count). The van der Waals surface area contributed by atoms with Crippen molar-refractivity contribution in [1.82, 2.24) is 5.32 Å². The zero-order chi connectivity index (χ0) is 16.9. The van der Waals surface area contributed by atoms with Gasteiger partial charge in [0.05, 0.1) is 11.9 Å². The van der Waals surface area contributed by atoms with Crippen molar-refractivity contribution in [2.75, 3.05) is 17.6 Å². The lowest BCUT2D eigenvalue weighted by atomic mass is 10.2. The molecule has 1 amide bonds. The molecule has 0 bridgehead atoms. The molecule has 0 radical (unpaired) electrons. The third kappa shape index (κ3) is 5.22. The lowest BCUT2D eigenvalue weighted by molar-refractivity contribution is -0.128. The Labute approximate surface area is 132 Å². The van der Waals surface area contributed by atoms with Crippen LogP contribution in [0.25, 0.3) is 0 Å². The molecule has 124 valence electrons. The Morgan fingerprint density at radius 2 is 1.82 bits per heavy atom. The van der Waals surface area contributed by atoms with E-state index in [2.05, 4.69) is 5.32 Å². The summed E-state index contributed by atoms with van der Waals surface area (Å²) >= 11 is 0. The average Bonchev–Trinajstić information content (AvgIpc) is 2.42. The van der Waals surface area contributed by atoms with Crippen molar-refractivity contribution in [2.45, 2.75) is 39.3 Å². The van der Waals surface area contributed by atoms with Crippen LogP contribution in [0, 0.1) is 0 Å². The molecule has 0 saturated heterocycles. The van der Waals surface area contributed by atoms with E-state index in [9.17, 15) is 13.2 Å². The first kappa shape index (κ1) is 18.3. The second-order valence-corrected chi connectivity index (χ2v) is 7.42. The fraction of sp³-hybridized carbons (Fsp3) is 0.533. The molecular formula is C15H24N2O4S. The minimum atomic E-state index is -3.29. The van der Waals surface area contributed by atoms with Gasteiger partial charge in [0.2, 0.25) is 10.0 Å². The van der Waals surface area contributed by atoms with Crippen LogP contribution >= 0.6 is 0 Å². The number of ether oxygens (including phenoxy) is 1. The van der Waals surface area contributed by atoms with Gasteiger partial charge in [-0.1, -0.05) is 6.92 Å². The number of hydrogen-bond acceptors (Lipinski definition) is 4. The normalized spacial score (nSPS) is 12.8. The van der Waals surface area contributed by atoms with Crippen molar-refractivity contribution in [2.24, 2.45) is 0 Å². The van der Waals surface area contributed by atoms with Crippen molar-refractivity contribution < 1.29 is 17.9 Å². The van der Waals surface area contributed by atoms with Gasteiger partial charge in [-0.05, 0) is 44.5 Å². The Balaban J connectivity index is 2.80.